The van der Waals surface area contributed by atoms with Gasteiger partial charge in [0.15, 0.2) is 0 Å². The maximum absolute atomic E-state index is 5.27. The van der Waals surface area contributed by atoms with E-state index in [1.54, 1.807) is 17.5 Å². The summed E-state index contributed by atoms with van der Waals surface area (Å²) in [5.74, 6) is 0.899. The topological polar surface area (TPSA) is 30.7 Å². The molecule has 0 bridgehead atoms. The van der Waals surface area contributed by atoms with Crippen LogP contribution in [0.4, 0.5) is 0 Å². The number of nitrogens with zero attached hydrogens (tertiary/aromatic N) is 3. The third-order valence-electron chi connectivity index (χ3n) is 9.48. The fourth-order valence-corrected chi connectivity index (χ4v) is 7.81. The zero-order valence-corrected chi connectivity index (χ0v) is 32.8. The van der Waals surface area contributed by atoms with E-state index in [-0.39, 0.29) is 20.1 Å². The van der Waals surface area contributed by atoms with E-state index < -0.39 is 0 Å². The minimum atomic E-state index is 0. The Balaban J connectivity index is 0.000000280. The summed E-state index contributed by atoms with van der Waals surface area (Å²) in [6.45, 7) is 0. The first-order chi connectivity index (χ1) is 26.8. The molecule has 0 amide bonds. The summed E-state index contributed by atoms with van der Waals surface area (Å²) in [6, 6.07) is 70.4. The average molecular weight is 900 g/mol. The van der Waals surface area contributed by atoms with Crippen LogP contribution >= 0.6 is 11.3 Å². The molecule has 0 aliphatic heterocycles. The monoisotopic (exact) mass is 900 g/mol. The number of aromatic nitrogens is 3. The van der Waals surface area contributed by atoms with Crippen molar-refractivity contribution in [3.63, 3.8) is 0 Å². The molecule has 265 valence electrons. The van der Waals surface area contributed by atoms with Gasteiger partial charge in [0.2, 0.25) is 0 Å². The molecule has 10 aromatic rings. The van der Waals surface area contributed by atoms with Crippen LogP contribution in [0.5, 0.6) is 0 Å². The predicted octanol–water partition coefficient (Wildman–Crippen LogP) is 13.3. The van der Waals surface area contributed by atoms with Gasteiger partial charge < -0.3 is 9.55 Å². The minimum absolute atomic E-state index is 0. The fraction of sp³-hybridized carbons (Fsp3) is 0. The van der Waals surface area contributed by atoms with Crippen molar-refractivity contribution in [1.82, 2.24) is 14.5 Å². The Morgan fingerprint density at radius 3 is 1.82 bits per heavy atom. The predicted molar refractivity (Wildman–Crippen MR) is 226 cm³/mol. The van der Waals surface area contributed by atoms with Crippen molar-refractivity contribution in [2.24, 2.45) is 0 Å². The van der Waals surface area contributed by atoms with Crippen LogP contribution in [-0.4, -0.2) is 14.5 Å². The van der Waals surface area contributed by atoms with Gasteiger partial charge >= 0.3 is 0 Å². The first-order valence-corrected chi connectivity index (χ1v) is 18.7. The summed E-state index contributed by atoms with van der Waals surface area (Å²) in [5.41, 5.74) is 13.3. The standard InChI is InChI=1S/C39H25N2S.C11H8N.Ir/c1-4-13-27(14-5-1)30-23-24-33-34(26-42-37(33)25-30)39-40-35-21-10-11-22-36(35)41(39)38-31(28-15-6-2-7-16-28)19-12-20-32(38)29-17-8-3-9-18-29;1-2-6-10(7-3-1)11-8-4-5-9-12-11;/h1-25H;1-6,8-9H;/q2*-1;. The van der Waals surface area contributed by atoms with Crippen molar-refractivity contribution in [2.75, 3.05) is 0 Å². The quantitative estimate of drug-likeness (QED) is 0.156. The summed E-state index contributed by atoms with van der Waals surface area (Å²) >= 11 is 1.65. The number of hydrogen-bond acceptors (Lipinski definition) is 3. The number of para-hydroxylation sites is 3. The van der Waals surface area contributed by atoms with E-state index in [9.17, 15) is 0 Å². The Kier molecular flexibility index (Phi) is 10.7. The van der Waals surface area contributed by atoms with Crippen LogP contribution in [-0.2, 0) is 20.1 Å². The molecule has 0 aliphatic rings. The number of rotatable bonds is 6. The molecule has 3 aromatic heterocycles. The van der Waals surface area contributed by atoms with Gasteiger partial charge in [-0.05, 0) is 46.1 Å². The van der Waals surface area contributed by atoms with Gasteiger partial charge in [-0.15, -0.1) is 47.3 Å². The van der Waals surface area contributed by atoms with Crippen LogP contribution in [0.1, 0.15) is 0 Å². The zero-order chi connectivity index (χ0) is 36.1. The van der Waals surface area contributed by atoms with E-state index in [4.69, 9.17) is 4.98 Å². The Morgan fingerprint density at radius 1 is 0.527 bits per heavy atom. The molecular formula is C50H33IrN3S-2. The summed E-state index contributed by atoms with van der Waals surface area (Å²) in [4.78, 5) is 9.49. The molecule has 3 heterocycles. The van der Waals surface area contributed by atoms with E-state index >= 15 is 0 Å². The zero-order valence-electron chi connectivity index (χ0n) is 29.6. The Bertz CT molecular complexity index is 2700. The van der Waals surface area contributed by atoms with Gasteiger partial charge in [0.25, 0.3) is 0 Å². The number of hydrogen-bond donors (Lipinski definition) is 0. The van der Waals surface area contributed by atoms with Crippen LogP contribution in [0, 0.1) is 11.4 Å². The second-order valence-electron chi connectivity index (χ2n) is 12.8. The van der Waals surface area contributed by atoms with Crippen LogP contribution in [0.25, 0.3) is 82.8 Å². The van der Waals surface area contributed by atoms with Gasteiger partial charge in [0.1, 0.15) is 0 Å². The SMILES string of the molecule is [Ir].[c-]1ccccc1-c1ccccn1.[c-]1sc2cc(-c3ccccc3)ccc2c1-c1nc2ccccc2n1-c1c(-c2ccccc2)cccc1-c1ccccc1. The van der Waals surface area contributed by atoms with Crippen molar-refractivity contribution in [3.8, 4) is 61.7 Å². The molecule has 0 atom stereocenters. The van der Waals surface area contributed by atoms with Crippen LogP contribution in [0.15, 0.2) is 200 Å². The van der Waals surface area contributed by atoms with E-state index in [0.717, 1.165) is 55.9 Å². The molecule has 0 unspecified atom stereocenters. The molecule has 3 nitrogen and oxygen atoms in total. The van der Waals surface area contributed by atoms with Crippen molar-refractivity contribution in [1.29, 1.82) is 0 Å². The van der Waals surface area contributed by atoms with Gasteiger partial charge in [-0.1, -0.05) is 161 Å². The van der Waals surface area contributed by atoms with Crippen molar-refractivity contribution in [3.05, 3.63) is 212 Å². The molecular weight excluding hydrogens is 867 g/mol. The fourth-order valence-electron chi connectivity index (χ4n) is 6.93. The van der Waals surface area contributed by atoms with E-state index in [0.29, 0.717) is 0 Å². The average Bonchev–Trinajstić information content (AvgIpc) is 3.86. The minimum Gasteiger partial charge on any atom is -0.332 e. The first-order valence-electron chi connectivity index (χ1n) is 17.9. The van der Waals surface area contributed by atoms with Crippen LogP contribution < -0.4 is 0 Å². The Labute approximate surface area is 338 Å². The number of benzene rings is 7. The van der Waals surface area contributed by atoms with Crippen molar-refractivity contribution >= 4 is 32.5 Å². The number of thiophene rings is 1. The molecule has 0 saturated carbocycles. The van der Waals surface area contributed by atoms with Gasteiger partial charge in [-0.2, -0.15) is 0 Å². The molecule has 0 aliphatic carbocycles. The molecule has 5 heteroatoms. The maximum atomic E-state index is 5.27. The summed E-state index contributed by atoms with van der Waals surface area (Å²) < 4.78 is 3.55. The van der Waals surface area contributed by atoms with Gasteiger partial charge in [0, 0.05) is 37.4 Å². The first kappa shape index (κ1) is 35.8. The van der Waals surface area contributed by atoms with Gasteiger partial charge in [-0.25, -0.2) is 0 Å². The smallest absolute Gasteiger partial charge is 0.0774 e. The molecule has 55 heavy (non-hydrogen) atoms. The van der Waals surface area contributed by atoms with E-state index in [2.05, 4.69) is 173 Å². The van der Waals surface area contributed by atoms with Gasteiger partial charge in [-0.3, -0.25) is 16.3 Å². The molecule has 1 radical (unpaired) electrons. The van der Waals surface area contributed by atoms with E-state index in [1.807, 2.05) is 42.5 Å². The normalized spacial score (nSPS) is 10.8. The molecule has 10 rings (SSSR count). The van der Waals surface area contributed by atoms with Crippen molar-refractivity contribution < 1.29 is 20.1 Å². The van der Waals surface area contributed by atoms with Crippen LogP contribution in [0.2, 0.25) is 0 Å². The number of fused-ring (bicyclic) bond motifs is 2. The summed E-state index contributed by atoms with van der Waals surface area (Å²) in [6.07, 6.45) is 1.79. The Morgan fingerprint density at radius 2 is 1.16 bits per heavy atom. The third kappa shape index (κ3) is 7.34. The molecule has 0 N–H and O–H groups in total. The number of imidazole rings is 1. The largest absolute Gasteiger partial charge is 0.332 e. The van der Waals surface area contributed by atoms with Crippen LogP contribution in [0.3, 0.4) is 0 Å². The molecule has 7 aromatic carbocycles. The molecule has 0 fully saturated rings. The summed E-state index contributed by atoms with van der Waals surface area (Å²) in [7, 11) is 0. The molecule has 0 spiro atoms. The second kappa shape index (κ2) is 16.4. The summed E-state index contributed by atoms with van der Waals surface area (Å²) in [5, 5.41) is 4.82. The van der Waals surface area contributed by atoms with Gasteiger partial charge in [0.05, 0.1) is 22.5 Å². The van der Waals surface area contributed by atoms with Crippen molar-refractivity contribution in [2.45, 2.75) is 0 Å². The van der Waals surface area contributed by atoms with E-state index in [1.165, 1.54) is 27.0 Å². The Hall–Kier alpha value is -6.23. The number of pyridine rings is 1. The molecule has 0 saturated heterocycles. The third-order valence-corrected chi connectivity index (χ3v) is 10.3. The maximum Gasteiger partial charge on any atom is 0.0774 e. The second-order valence-corrected chi connectivity index (χ2v) is 13.7.